The van der Waals surface area contributed by atoms with E-state index in [-0.39, 0.29) is 6.17 Å². The highest BCUT2D eigenvalue weighted by Gasteiger charge is 2.29. The van der Waals surface area contributed by atoms with Gasteiger partial charge < -0.3 is 20.1 Å². The number of nitrogens with two attached hydrogens (primary N) is 1. The number of aromatic nitrogens is 4. The fraction of sp³-hybridized carbons (Fsp3) is 0.792. The van der Waals surface area contributed by atoms with Crippen molar-refractivity contribution in [2.45, 2.75) is 77.3 Å². The molecule has 2 aromatic rings. The first-order valence-corrected chi connectivity index (χ1v) is 12.9. The molecule has 184 valence electrons. The summed E-state index contributed by atoms with van der Waals surface area (Å²) in [5.74, 6) is 0.342. The van der Waals surface area contributed by atoms with Gasteiger partial charge in [-0.15, -0.1) is 0 Å². The summed E-state index contributed by atoms with van der Waals surface area (Å²) in [6, 6.07) is 0.869. The van der Waals surface area contributed by atoms with Crippen LogP contribution in [0.4, 0.5) is 5.82 Å². The summed E-state index contributed by atoms with van der Waals surface area (Å²) in [5.41, 5.74) is 7.57. The highest BCUT2D eigenvalue weighted by molar-refractivity contribution is 5.83. The van der Waals surface area contributed by atoms with Crippen molar-refractivity contribution in [2.75, 3.05) is 52.2 Å². The van der Waals surface area contributed by atoms with Crippen molar-refractivity contribution in [3.05, 3.63) is 0 Å². The summed E-state index contributed by atoms with van der Waals surface area (Å²) in [6.45, 7) is 8.67. The molecular formula is C24H41N7O2. The molecule has 9 nitrogen and oxygen atoms in total. The van der Waals surface area contributed by atoms with Crippen molar-refractivity contribution in [1.29, 1.82) is 0 Å². The Balaban J connectivity index is 1.53. The number of hydrogen-bond donors (Lipinski definition) is 1. The van der Waals surface area contributed by atoms with E-state index < -0.39 is 0 Å². The van der Waals surface area contributed by atoms with Crippen molar-refractivity contribution in [3.8, 4) is 12.0 Å². The van der Waals surface area contributed by atoms with Gasteiger partial charge in [-0.2, -0.15) is 15.0 Å². The minimum absolute atomic E-state index is 0.150. The van der Waals surface area contributed by atoms with Gasteiger partial charge in [0.05, 0.1) is 19.9 Å². The summed E-state index contributed by atoms with van der Waals surface area (Å²) in [5, 5.41) is 0. The van der Waals surface area contributed by atoms with Crippen LogP contribution in [-0.4, -0.2) is 75.8 Å². The van der Waals surface area contributed by atoms with E-state index in [2.05, 4.69) is 31.3 Å². The van der Waals surface area contributed by atoms with Crippen molar-refractivity contribution < 1.29 is 9.47 Å². The zero-order valence-electron chi connectivity index (χ0n) is 20.5. The molecular weight excluding hydrogens is 418 g/mol. The molecule has 1 unspecified atom stereocenters. The molecule has 1 atom stereocenters. The smallest absolute Gasteiger partial charge is 0.320 e. The van der Waals surface area contributed by atoms with Gasteiger partial charge in [-0.05, 0) is 71.0 Å². The third-order valence-electron chi connectivity index (χ3n) is 6.92. The maximum atomic E-state index is 6.27. The first kappa shape index (κ1) is 24.0. The lowest BCUT2D eigenvalue weighted by Gasteiger charge is -2.29. The quantitative estimate of drug-likeness (QED) is 0.452. The Morgan fingerprint density at radius 2 is 1.70 bits per heavy atom. The minimum atomic E-state index is 0.150. The number of fused-ring (bicyclic) bond motifs is 1. The third-order valence-corrected chi connectivity index (χ3v) is 6.92. The van der Waals surface area contributed by atoms with E-state index in [0.717, 1.165) is 38.8 Å². The number of imidazole rings is 1. The number of nitrogen functional groups attached to an aromatic ring is 1. The molecule has 0 spiro atoms. The van der Waals surface area contributed by atoms with E-state index in [1.54, 1.807) is 7.11 Å². The number of hydrogen-bond acceptors (Lipinski definition) is 8. The Kier molecular flexibility index (Phi) is 8.61. The molecule has 2 aliphatic heterocycles. The van der Waals surface area contributed by atoms with Crippen LogP contribution in [0.2, 0.25) is 0 Å². The molecule has 2 fully saturated rings. The number of unbranched alkanes of at least 4 members (excludes halogenated alkanes) is 3. The number of nitrogens with zero attached hydrogens (tertiary/aromatic N) is 6. The van der Waals surface area contributed by atoms with E-state index in [4.69, 9.17) is 20.2 Å². The van der Waals surface area contributed by atoms with Crippen molar-refractivity contribution in [2.24, 2.45) is 0 Å². The van der Waals surface area contributed by atoms with Crippen LogP contribution in [0, 0.1) is 0 Å². The first-order chi connectivity index (χ1) is 16.2. The molecule has 33 heavy (non-hydrogen) atoms. The van der Waals surface area contributed by atoms with Crippen LogP contribution < -0.4 is 15.2 Å². The SMILES string of the molecule is CCCCOc1nc(N)c2nc(OC)n(C(CCCCCN3CCCC3)N3CCCC3)c2n1. The molecule has 0 amide bonds. The molecule has 0 saturated carbocycles. The third kappa shape index (κ3) is 5.87. The topological polar surface area (TPSA) is 94.6 Å². The molecule has 0 radical (unpaired) electrons. The highest BCUT2D eigenvalue weighted by atomic mass is 16.5. The van der Waals surface area contributed by atoms with Gasteiger partial charge in [0.2, 0.25) is 0 Å². The summed E-state index contributed by atoms with van der Waals surface area (Å²) < 4.78 is 13.6. The zero-order valence-corrected chi connectivity index (χ0v) is 20.5. The van der Waals surface area contributed by atoms with Crippen LogP contribution in [0.5, 0.6) is 12.0 Å². The van der Waals surface area contributed by atoms with Gasteiger partial charge in [-0.1, -0.05) is 19.8 Å². The molecule has 4 heterocycles. The first-order valence-electron chi connectivity index (χ1n) is 12.9. The molecule has 2 aliphatic rings. The van der Waals surface area contributed by atoms with E-state index in [1.165, 1.54) is 58.2 Å². The van der Waals surface area contributed by atoms with Crippen LogP contribution in [0.15, 0.2) is 0 Å². The van der Waals surface area contributed by atoms with Crippen LogP contribution >= 0.6 is 0 Å². The fourth-order valence-electron chi connectivity index (χ4n) is 5.10. The van der Waals surface area contributed by atoms with Crippen molar-refractivity contribution in [1.82, 2.24) is 29.3 Å². The lowest BCUT2D eigenvalue weighted by atomic mass is 10.1. The van der Waals surface area contributed by atoms with Crippen LogP contribution in [0.25, 0.3) is 11.2 Å². The van der Waals surface area contributed by atoms with Gasteiger partial charge >= 0.3 is 6.01 Å². The second-order valence-corrected chi connectivity index (χ2v) is 9.36. The molecule has 0 aliphatic carbocycles. The molecule has 2 aromatic heterocycles. The Morgan fingerprint density at radius 3 is 2.42 bits per heavy atom. The van der Waals surface area contributed by atoms with Crippen molar-refractivity contribution in [3.63, 3.8) is 0 Å². The zero-order chi connectivity index (χ0) is 23.0. The Labute approximate surface area is 197 Å². The predicted molar refractivity (Wildman–Crippen MR) is 131 cm³/mol. The van der Waals surface area contributed by atoms with E-state index in [9.17, 15) is 0 Å². The fourth-order valence-corrected chi connectivity index (χ4v) is 5.10. The summed E-state index contributed by atoms with van der Waals surface area (Å²) in [7, 11) is 1.66. The van der Waals surface area contributed by atoms with Crippen LogP contribution in [0.3, 0.4) is 0 Å². The number of ether oxygens (including phenoxy) is 2. The standard InChI is InChI=1S/C24H41N7O2/c1-3-4-18-33-23-27-21(25)20-22(28-23)31(24(26-20)32-2)19(30-16-10-11-17-30)12-6-5-7-13-29-14-8-9-15-29/h19H,3-18H2,1-2H3,(H2,25,27,28). The summed E-state index contributed by atoms with van der Waals surface area (Å²) >= 11 is 0. The van der Waals surface area contributed by atoms with Crippen LogP contribution in [-0.2, 0) is 0 Å². The van der Waals surface area contributed by atoms with E-state index >= 15 is 0 Å². The molecule has 4 rings (SSSR count). The summed E-state index contributed by atoms with van der Waals surface area (Å²) in [4.78, 5) is 18.9. The predicted octanol–water partition coefficient (Wildman–Crippen LogP) is 3.85. The van der Waals surface area contributed by atoms with Gasteiger partial charge in [0, 0.05) is 13.1 Å². The van der Waals surface area contributed by atoms with Gasteiger partial charge in [-0.3, -0.25) is 9.47 Å². The molecule has 2 saturated heterocycles. The number of methoxy groups -OCH3 is 1. The maximum Gasteiger partial charge on any atom is 0.320 e. The lowest BCUT2D eigenvalue weighted by Crippen LogP contribution is -2.31. The number of anilines is 1. The average molecular weight is 460 g/mol. The van der Waals surface area contributed by atoms with Gasteiger partial charge in [0.25, 0.3) is 6.01 Å². The second-order valence-electron chi connectivity index (χ2n) is 9.36. The van der Waals surface area contributed by atoms with E-state index in [1.807, 2.05) is 0 Å². The Hall–Kier alpha value is -2.13. The number of rotatable bonds is 13. The summed E-state index contributed by atoms with van der Waals surface area (Å²) in [6.07, 6.45) is 12.0. The normalized spacial score (nSPS) is 18.4. The second kappa shape index (κ2) is 11.8. The van der Waals surface area contributed by atoms with Crippen LogP contribution in [0.1, 0.15) is 77.3 Å². The largest absolute Gasteiger partial charge is 0.468 e. The Bertz CT molecular complexity index is 875. The van der Waals surface area contributed by atoms with Gasteiger partial charge in [-0.25, -0.2) is 0 Å². The molecule has 0 bridgehead atoms. The monoisotopic (exact) mass is 459 g/mol. The maximum absolute atomic E-state index is 6.27. The average Bonchev–Trinajstić information content (AvgIpc) is 3.58. The molecule has 0 aromatic carbocycles. The van der Waals surface area contributed by atoms with Gasteiger partial charge in [0.15, 0.2) is 17.0 Å². The lowest BCUT2D eigenvalue weighted by molar-refractivity contribution is 0.150. The van der Waals surface area contributed by atoms with E-state index in [0.29, 0.717) is 35.6 Å². The highest BCUT2D eigenvalue weighted by Crippen LogP contribution is 2.34. The van der Waals surface area contributed by atoms with Crippen molar-refractivity contribution >= 4 is 17.0 Å². The number of likely N-dealkylation sites (tertiary alicyclic amines) is 2. The molecule has 9 heteroatoms. The minimum Gasteiger partial charge on any atom is -0.468 e. The molecule has 2 N–H and O–H groups in total. The van der Waals surface area contributed by atoms with Gasteiger partial charge in [0.1, 0.15) is 0 Å². The Morgan fingerprint density at radius 1 is 0.939 bits per heavy atom.